The van der Waals surface area contributed by atoms with Gasteiger partial charge in [0.25, 0.3) is 11.8 Å². The molecule has 2 amide bonds. The molecule has 2 fully saturated rings. The van der Waals surface area contributed by atoms with E-state index in [0.717, 1.165) is 68.6 Å². The van der Waals surface area contributed by atoms with E-state index in [-0.39, 0.29) is 19.2 Å². The highest BCUT2D eigenvalue weighted by Crippen LogP contribution is 2.52. The number of aromatic nitrogens is 1. The van der Waals surface area contributed by atoms with Crippen LogP contribution in [0.5, 0.6) is 0 Å². The molecule has 1 saturated heterocycles. The normalized spacial score (nSPS) is 17.5. The van der Waals surface area contributed by atoms with Crippen LogP contribution in [0.4, 0.5) is 5.69 Å². The number of nitrogens with one attached hydrogen (secondary N) is 1. The summed E-state index contributed by atoms with van der Waals surface area (Å²) in [6.45, 7) is 20.2. The van der Waals surface area contributed by atoms with Gasteiger partial charge in [-0.05, 0) is 99.3 Å². The number of pyridine rings is 1. The van der Waals surface area contributed by atoms with Crippen LogP contribution < -0.4 is 5.32 Å². The Balaban J connectivity index is 0.00000192. The van der Waals surface area contributed by atoms with E-state index in [1.807, 2.05) is 40.0 Å². The summed E-state index contributed by atoms with van der Waals surface area (Å²) in [6, 6.07) is 9.01. The molecule has 1 aliphatic carbocycles. The third kappa shape index (κ3) is 7.48. The van der Waals surface area contributed by atoms with Crippen molar-refractivity contribution in [2.45, 2.75) is 85.5 Å². The minimum Gasteiger partial charge on any atom is -0.381 e. The van der Waals surface area contributed by atoms with Crippen LogP contribution in [-0.2, 0) is 4.74 Å². The first-order valence-corrected chi connectivity index (χ1v) is 14.9. The zero-order valence-electron chi connectivity index (χ0n) is 25.1. The third-order valence-electron chi connectivity index (χ3n) is 8.13. The Hall–Kier alpha value is -3.25. The maximum Gasteiger partial charge on any atom is 0.258 e. The van der Waals surface area contributed by atoms with Gasteiger partial charge in [0.15, 0.2) is 0 Å². The minimum absolute atomic E-state index is 0. The quantitative estimate of drug-likeness (QED) is 0.321. The Bertz CT molecular complexity index is 1200. The smallest absolute Gasteiger partial charge is 0.258 e. The first kappa shape index (κ1) is 31.3. The molecule has 6 heteroatoms. The van der Waals surface area contributed by atoms with E-state index in [0.29, 0.717) is 34.5 Å². The molecule has 218 valence electrons. The predicted molar refractivity (Wildman–Crippen MR) is 166 cm³/mol. The molecule has 2 heterocycles. The van der Waals surface area contributed by atoms with Crippen LogP contribution in [0.15, 0.2) is 61.0 Å². The second-order valence-corrected chi connectivity index (χ2v) is 11.1. The lowest BCUT2D eigenvalue weighted by atomic mass is 9.77. The minimum atomic E-state index is -0.163. The molecule has 1 spiro atoms. The van der Waals surface area contributed by atoms with Gasteiger partial charge in [-0.3, -0.25) is 14.6 Å². The van der Waals surface area contributed by atoms with Gasteiger partial charge in [0.05, 0.1) is 11.3 Å². The van der Waals surface area contributed by atoms with Gasteiger partial charge in [-0.1, -0.05) is 40.3 Å². The highest BCUT2D eigenvalue weighted by Gasteiger charge is 2.42. The summed E-state index contributed by atoms with van der Waals surface area (Å²) in [5, 5.41) is 3.04. The number of hydrogen-bond donors (Lipinski definition) is 1. The highest BCUT2D eigenvalue weighted by atomic mass is 16.5. The van der Waals surface area contributed by atoms with Gasteiger partial charge < -0.3 is 15.0 Å². The van der Waals surface area contributed by atoms with Crippen LogP contribution in [0.3, 0.4) is 0 Å². The number of carbonyl (C=O) groups excluding carboxylic acids is 2. The molecule has 0 bridgehead atoms. The number of aryl methyl sites for hydroxylation is 1. The first-order chi connectivity index (χ1) is 19.2. The zero-order valence-corrected chi connectivity index (χ0v) is 25.1. The van der Waals surface area contributed by atoms with Crippen molar-refractivity contribution in [3.63, 3.8) is 0 Å². The van der Waals surface area contributed by atoms with Gasteiger partial charge >= 0.3 is 0 Å². The van der Waals surface area contributed by atoms with Crippen LogP contribution in [0.1, 0.15) is 112 Å². The summed E-state index contributed by atoms with van der Waals surface area (Å²) in [5.74, 6) is 0.00572. The van der Waals surface area contributed by atoms with E-state index in [1.165, 1.54) is 6.42 Å². The number of rotatable bonds is 9. The van der Waals surface area contributed by atoms with Crippen molar-refractivity contribution in [2.24, 2.45) is 5.41 Å². The van der Waals surface area contributed by atoms with Gasteiger partial charge in [-0.15, -0.1) is 0 Å². The number of nitrogens with zero attached hydrogens (tertiary/aromatic N) is 2. The molecule has 1 aromatic carbocycles. The van der Waals surface area contributed by atoms with Crippen LogP contribution in [0.2, 0.25) is 0 Å². The summed E-state index contributed by atoms with van der Waals surface area (Å²) < 4.78 is 5.60. The largest absolute Gasteiger partial charge is 0.381 e. The van der Waals surface area contributed by atoms with Gasteiger partial charge in [0, 0.05) is 50.2 Å². The fraction of sp³-hybridized carbons (Fsp3) is 0.500. The van der Waals surface area contributed by atoms with Crippen molar-refractivity contribution in [1.82, 2.24) is 9.88 Å². The Labute approximate surface area is 242 Å². The SMILES string of the molecule is C=C(C)C(=C)N(CCCC)C(=O)c1ccc(NC(=O)c2cc(C)cnc2C2CCC3(CCOCC3)C2)cc1.CC.[HH]. The standard InChI is InChI=1S/C32H41N3O3.C2H6.H2/c1-6-7-16-35(24(5)22(2)3)31(37)25-8-10-27(11-9-25)34-30(36)28-19-23(4)21-33-29(28)26-12-13-32(20-26)14-17-38-18-15-32;1-2;/h8-11,19,21,26H,2,5-7,12-18,20H2,1,3-4H3,(H,34,36);1-2H3;1H. The lowest BCUT2D eigenvalue weighted by Crippen LogP contribution is -2.31. The molecule has 6 nitrogen and oxygen atoms in total. The van der Waals surface area contributed by atoms with Gasteiger partial charge in [0.2, 0.25) is 0 Å². The summed E-state index contributed by atoms with van der Waals surface area (Å²) in [5.41, 5.74) is 5.42. The summed E-state index contributed by atoms with van der Waals surface area (Å²) in [6.07, 6.45) is 9.20. The topological polar surface area (TPSA) is 71.5 Å². The Morgan fingerprint density at radius 1 is 1.15 bits per heavy atom. The molecule has 1 aliphatic heterocycles. The maximum absolute atomic E-state index is 13.5. The van der Waals surface area contributed by atoms with Crippen molar-refractivity contribution >= 4 is 17.5 Å². The number of allylic oxidation sites excluding steroid dienone is 1. The number of hydrogen-bond acceptors (Lipinski definition) is 4. The first-order valence-electron chi connectivity index (χ1n) is 14.9. The van der Waals surface area contributed by atoms with Gasteiger partial charge in [-0.25, -0.2) is 0 Å². The average Bonchev–Trinajstić information content (AvgIpc) is 3.37. The van der Waals surface area contributed by atoms with E-state index in [1.54, 1.807) is 29.2 Å². The van der Waals surface area contributed by atoms with Gasteiger partial charge in [-0.2, -0.15) is 0 Å². The lowest BCUT2D eigenvalue weighted by molar-refractivity contribution is 0.0174. The Kier molecular flexibility index (Phi) is 11.3. The molecule has 1 aromatic heterocycles. The van der Waals surface area contributed by atoms with E-state index in [9.17, 15) is 9.59 Å². The molecule has 2 aliphatic rings. The van der Waals surface area contributed by atoms with Crippen molar-refractivity contribution < 1.29 is 15.8 Å². The molecule has 1 unspecified atom stereocenters. The van der Waals surface area contributed by atoms with Crippen molar-refractivity contribution in [2.75, 3.05) is 25.1 Å². The number of ether oxygens (including phenoxy) is 1. The fourth-order valence-electron chi connectivity index (χ4n) is 5.74. The lowest BCUT2D eigenvalue weighted by Gasteiger charge is -2.33. The van der Waals surface area contributed by atoms with Crippen LogP contribution in [-0.4, -0.2) is 41.5 Å². The highest BCUT2D eigenvalue weighted by molar-refractivity contribution is 6.05. The Morgan fingerprint density at radius 2 is 1.82 bits per heavy atom. The second kappa shape index (κ2) is 14.4. The molecule has 2 aromatic rings. The molecule has 40 heavy (non-hydrogen) atoms. The molecule has 1 N–H and O–H groups in total. The molecular formula is C34H49N3O3. The van der Waals surface area contributed by atoms with E-state index in [2.05, 4.69) is 25.4 Å². The molecule has 1 atom stereocenters. The number of anilines is 1. The Morgan fingerprint density at radius 3 is 2.45 bits per heavy atom. The number of benzene rings is 1. The van der Waals surface area contributed by atoms with E-state index in [4.69, 9.17) is 9.72 Å². The molecular weight excluding hydrogens is 498 g/mol. The summed E-state index contributed by atoms with van der Waals surface area (Å²) in [4.78, 5) is 33.1. The molecule has 0 radical (unpaired) electrons. The van der Waals surface area contributed by atoms with Crippen LogP contribution in [0, 0.1) is 12.3 Å². The number of unbranched alkanes of at least 4 members (excludes halogenated alkanes) is 1. The van der Waals surface area contributed by atoms with Crippen molar-refractivity contribution in [3.8, 4) is 0 Å². The number of carbonyl (C=O) groups is 2. The zero-order chi connectivity index (χ0) is 29.3. The van der Waals surface area contributed by atoms with E-state index < -0.39 is 0 Å². The molecule has 1 saturated carbocycles. The number of amides is 2. The summed E-state index contributed by atoms with van der Waals surface area (Å²) in [7, 11) is 0. The molecule has 4 rings (SSSR count). The predicted octanol–water partition coefficient (Wildman–Crippen LogP) is 8.31. The summed E-state index contributed by atoms with van der Waals surface area (Å²) >= 11 is 0. The van der Waals surface area contributed by atoms with Crippen LogP contribution >= 0.6 is 0 Å². The monoisotopic (exact) mass is 547 g/mol. The maximum atomic E-state index is 13.5. The van der Waals surface area contributed by atoms with Crippen LogP contribution in [0.25, 0.3) is 0 Å². The van der Waals surface area contributed by atoms with E-state index >= 15 is 0 Å². The van der Waals surface area contributed by atoms with Crippen molar-refractivity contribution in [1.29, 1.82) is 0 Å². The van der Waals surface area contributed by atoms with Crippen molar-refractivity contribution in [3.05, 3.63) is 83.3 Å². The fourth-order valence-corrected chi connectivity index (χ4v) is 5.74. The van der Waals surface area contributed by atoms with Gasteiger partial charge in [0.1, 0.15) is 0 Å². The average molecular weight is 548 g/mol. The second-order valence-electron chi connectivity index (χ2n) is 11.1. The third-order valence-corrected chi connectivity index (χ3v) is 8.13.